The minimum atomic E-state index is -0.0738. The van der Waals surface area contributed by atoms with Crippen molar-refractivity contribution in [2.75, 3.05) is 11.4 Å². The van der Waals surface area contributed by atoms with Crippen molar-refractivity contribution < 1.29 is 4.79 Å². The topological polar surface area (TPSA) is 63.1 Å². The van der Waals surface area contributed by atoms with Gasteiger partial charge in [-0.05, 0) is 19.3 Å². The van der Waals surface area contributed by atoms with Gasteiger partial charge in [-0.2, -0.15) is 0 Å². The van der Waals surface area contributed by atoms with Gasteiger partial charge >= 0.3 is 0 Å². The van der Waals surface area contributed by atoms with Crippen molar-refractivity contribution in [2.24, 2.45) is 0 Å². The fourth-order valence-electron chi connectivity index (χ4n) is 3.41. The highest BCUT2D eigenvalue weighted by Crippen LogP contribution is 2.27. The molecule has 116 valence electrons. The Morgan fingerprint density at radius 1 is 1.32 bits per heavy atom. The Labute approximate surface area is 133 Å². The number of nitrogens with zero attached hydrogens (tertiary/aromatic N) is 4. The smallest absolute Gasteiger partial charge is 0.243 e. The lowest BCUT2D eigenvalue weighted by Gasteiger charge is -2.28. The number of anilines is 1. The third kappa shape index (κ3) is 2.49. The fourth-order valence-corrected chi connectivity index (χ4v) is 4.13. The summed E-state index contributed by atoms with van der Waals surface area (Å²) in [7, 11) is 0. The average Bonchev–Trinajstić information content (AvgIpc) is 3.26. The number of aryl methyl sites for hydroxylation is 1. The van der Waals surface area contributed by atoms with Crippen LogP contribution in [0.4, 0.5) is 5.13 Å². The SMILES string of the molecule is O=C(N[C@H]1CCc2nccn2C1)[C@H]1CCCN1c1nccs1. The van der Waals surface area contributed by atoms with Crippen LogP contribution < -0.4 is 10.2 Å². The molecule has 0 unspecified atom stereocenters. The molecule has 0 bridgehead atoms. The predicted molar refractivity (Wildman–Crippen MR) is 85.0 cm³/mol. The molecule has 1 N–H and O–H groups in total. The van der Waals surface area contributed by atoms with E-state index in [9.17, 15) is 4.79 Å². The average molecular weight is 317 g/mol. The summed E-state index contributed by atoms with van der Waals surface area (Å²) in [4.78, 5) is 23.5. The molecule has 2 aliphatic rings. The molecular formula is C15H19N5OS. The molecule has 0 saturated carbocycles. The van der Waals surface area contributed by atoms with Crippen LogP contribution in [0.2, 0.25) is 0 Å². The first-order valence-electron chi connectivity index (χ1n) is 7.78. The molecule has 2 aromatic rings. The number of thiazole rings is 1. The van der Waals surface area contributed by atoms with Crippen molar-refractivity contribution in [1.29, 1.82) is 0 Å². The van der Waals surface area contributed by atoms with Crippen molar-refractivity contribution in [3.63, 3.8) is 0 Å². The molecule has 22 heavy (non-hydrogen) atoms. The Balaban J connectivity index is 1.42. The van der Waals surface area contributed by atoms with E-state index in [0.717, 1.165) is 49.7 Å². The summed E-state index contributed by atoms with van der Waals surface area (Å²) in [6, 6.07) is 0.128. The zero-order valence-corrected chi connectivity index (χ0v) is 13.1. The van der Waals surface area contributed by atoms with Gasteiger partial charge in [-0.1, -0.05) is 0 Å². The van der Waals surface area contributed by atoms with Crippen LogP contribution in [0.5, 0.6) is 0 Å². The second kappa shape index (κ2) is 5.72. The van der Waals surface area contributed by atoms with Crippen LogP contribution in [0.1, 0.15) is 25.1 Å². The van der Waals surface area contributed by atoms with Gasteiger partial charge in [0.15, 0.2) is 5.13 Å². The Hall–Kier alpha value is -1.89. The molecule has 2 aliphatic heterocycles. The van der Waals surface area contributed by atoms with E-state index in [4.69, 9.17) is 0 Å². The number of nitrogens with one attached hydrogen (secondary N) is 1. The molecule has 1 fully saturated rings. The van der Waals surface area contributed by atoms with Crippen LogP contribution in [0.3, 0.4) is 0 Å². The first-order valence-corrected chi connectivity index (χ1v) is 8.66. The highest BCUT2D eigenvalue weighted by atomic mass is 32.1. The summed E-state index contributed by atoms with van der Waals surface area (Å²) in [5.74, 6) is 1.26. The van der Waals surface area contributed by atoms with E-state index in [1.165, 1.54) is 0 Å². The monoisotopic (exact) mass is 317 g/mol. The number of amides is 1. The molecule has 4 rings (SSSR count). The van der Waals surface area contributed by atoms with Gasteiger partial charge in [-0.3, -0.25) is 4.79 Å². The van der Waals surface area contributed by atoms with E-state index in [-0.39, 0.29) is 18.0 Å². The lowest BCUT2D eigenvalue weighted by Crippen LogP contribution is -2.49. The minimum absolute atomic E-state index is 0.0738. The van der Waals surface area contributed by atoms with Crippen LogP contribution in [0.25, 0.3) is 0 Å². The number of aromatic nitrogens is 3. The standard InChI is InChI=1S/C15H19N5OS/c21-14(12-2-1-7-20(12)15-17-6-9-22-15)18-11-3-4-13-16-5-8-19(13)10-11/h5-6,8-9,11-12H,1-4,7,10H2,(H,18,21)/t11-,12+/m0/s1. The zero-order chi connectivity index (χ0) is 14.9. The molecule has 0 spiro atoms. The van der Waals surface area contributed by atoms with E-state index in [1.807, 2.05) is 17.8 Å². The molecule has 0 radical (unpaired) electrons. The second-order valence-corrected chi connectivity index (χ2v) is 6.78. The van der Waals surface area contributed by atoms with Gasteiger partial charge < -0.3 is 14.8 Å². The number of carbonyl (C=O) groups excluding carboxylic acids is 1. The minimum Gasteiger partial charge on any atom is -0.350 e. The summed E-state index contributed by atoms with van der Waals surface area (Å²) >= 11 is 1.60. The van der Waals surface area contributed by atoms with E-state index >= 15 is 0 Å². The zero-order valence-electron chi connectivity index (χ0n) is 12.3. The molecular weight excluding hydrogens is 298 g/mol. The first-order chi connectivity index (χ1) is 10.8. The lowest BCUT2D eigenvalue weighted by molar-refractivity contribution is -0.123. The third-order valence-electron chi connectivity index (χ3n) is 4.50. The van der Waals surface area contributed by atoms with E-state index in [1.54, 1.807) is 17.5 Å². The van der Waals surface area contributed by atoms with Crippen molar-refractivity contribution in [3.05, 3.63) is 29.8 Å². The molecule has 0 aliphatic carbocycles. The van der Waals surface area contributed by atoms with Crippen LogP contribution in [0, 0.1) is 0 Å². The van der Waals surface area contributed by atoms with E-state index < -0.39 is 0 Å². The van der Waals surface area contributed by atoms with E-state index in [0.29, 0.717) is 0 Å². The maximum atomic E-state index is 12.7. The molecule has 2 aromatic heterocycles. The van der Waals surface area contributed by atoms with E-state index in [2.05, 4.69) is 24.8 Å². The number of rotatable bonds is 3. The Morgan fingerprint density at radius 3 is 3.14 bits per heavy atom. The summed E-state index contributed by atoms with van der Waals surface area (Å²) in [6.07, 6.45) is 9.48. The largest absolute Gasteiger partial charge is 0.350 e. The van der Waals surface area contributed by atoms with Crippen molar-refractivity contribution >= 4 is 22.4 Å². The van der Waals surface area contributed by atoms with Gasteiger partial charge in [0.1, 0.15) is 11.9 Å². The summed E-state index contributed by atoms with van der Waals surface area (Å²) < 4.78 is 2.14. The molecule has 1 saturated heterocycles. The van der Waals surface area contributed by atoms with Crippen LogP contribution in [-0.2, 0) is 17.8 Å². The maximum absolute atomic E-state index is 12.7. The number of fused-ring (bicyclic) bond motifs is 1. The van der Waals surface area contributed by atoms with Gasteiger partial charge in [-0.15, -0.1) is 11.3 Å². The highest BCUT2D eigenvalue weighted by molar-refractivity contribution is 7.13. The summed E-state index contributed by atoms with van der Waals surface area (Å²) in [5.41, 5.74) is 0. The van der Waals surface area contributed by atoms with Gasteiger partial charge in [0.05, 0.1) is 0 Å². The fraction of sp³-hybridized carbons (Fsp3) is 0.533. The second-order valence-electron chi connectivity index (χ2n) is 5.91. The number of imidazole rings is 1. The Morgan fingerprint density at radius 2 is 2.27 bits per heavy atom. The predicted octanol–water partition coefficient (Wildman–Crippen LogP) is 1.44. The van der Waals surface area contributed by atoms with Crippen LogP contribution in [0.15, 0.2) is 24.0 Å². The van der Waals surface area contributed by atoms with Crippen molar-refractivity contribution in [2.45, 2.75) is 44.3 Å². The molecule has 1 amide bonds. The summed E-state index contributed by atoms with van der Waals surface area (Å²) in [6.45, 7) is 1.74. The lowest BCUT2D eigenvalue weighted by atomic mass is 10.1. The van der Waals surface area contributed by atoms with Crippen LogP contribution >= 0.6 is 11.3 Å². The molecule has 4 heterocycles. The number of hydrogen-bond donors (Lipinski definition) is 1. The molecule has 7 heteroatoms. The van der Waals surface area contributed by atoms with Gasteiger partial charge in [0.2, 0.25) is 5.91 Å². The molecule has 0 aromatic carbocycles. The van der Waals surface area contributed by atoms with Crippen molar-refractivity contribution in [1.82, 2.24) is 19.9 Å². The van der Waals surface area contributed by atoms with Gasteiger partial charge in [0.25, 0.3) is 0 Å². The quantitative estimate of drug-likeness (QED) is 0.930. The normalized spacial score (nSPS) is 24.3. The Bertz CT molecular complexity index is 653. The number of hydrogen-bond acceptors (Lipinski definition) is 5. The first kappa shape index (κ1) is 13.8. The Kier molecular flexibility index (Phi) is 3.57. The molecule has 6 nitrogen and oxygen atoms in total. The maximum Gasteiger partial charge on any atom is 0.243 e. The summed E-state index contributed by atoms with van der Waals surface area (Å²) in [5, 5.41) is 6.15. The third-order valence-corrected chi connectivity index (χ3v) is 5.31. The van der Waals surface area contributed by atoms with Crippen LogP contribution in [-0.4, -0.2) is 39.1 Å². The molecule has 2 atom stereocenters. The van der Waals surface area contributed by atoms with Crippen molar-refractivity contribution in [3.8, 4) is 0 Å². The van der Waals surface area contributed by atoms with Gasteiger partial charge in [0, 0.05) is 49.5 Å². The van der Waals surface area contributed by atoms with Gasteiger partial charge in [-0.25, -0.2) is 9.97 Å². The highest BCUT2D eigenvalue weighted by Gasteiger charge is 2.33. The number of carbonyl (C=O) groups is 1.